The molecule has 3 saturated carbocycles. The molecule has 0 aromatic heterocycles. The van der Waals surface area contributed by atoms with Crippen molar-refractivity contribution in [3.05, 3.63) is 83.4 Å². The molecule has 24 nitrogen and oxygen atoms in total. The summed E-state index contributed by atoms with van der Waals surface area (Å²) in [6.07, 6.45) is -13.6. The Bertz CT molecular complexity index is 3170. The molecule has 9 aliphatic rings. The van der Waals surface area contributed by atoms with Gasteiger partial charge >= 0.3 is 47.8 Å². The first-order chi connectivity index (χ1) is 45.2. The van der Waals surface area contributed by atoms with Crippen LogP contribution in [-0.2, 0) is 105 Å². The maximum absolute atomic E-state index is 14.1. The van der Waals surface area contributed by atoms with Crippen LogP contribution in [0.15, 0.2) is 72.3 Å². The third kappa shape index (κ3) is 14.5. The van der Waals surface area contributed by atoms with Gasteiger partial charge in [-0.05, 0) is 130 Å². The maximum Gasteiger partial charge on any atom is 0.338 e. The van der Waals surface area contributed by atoms with Gasteiger partial charge in [-0.15, -0.1) is 0 Å². The monoisotopic (exact) mass is 1330 g/mol. The molecule has 24 heteroatoms. The Hall–Kier alpha value is -6.38. The number of benzene rings is 2. The van der Waals surface area contributed by atoms with Gasteiger partial charge in [-0.2, -0.15) is 0 Å². The summed E-state index contributed by atoms with van der Waals surface area (Å²) < 4.78 is 102. The molecule has 0 unspecified atom stereocenters. The lowest BCUT2D eigenvalue weighted by Gasteiger charge is -2.58. The Morgan fingerprint density at radius 3 is 1.58 bits per heavy atom. The lowest BCUT2D eigenvalue weighted by Crippen LogP contribution is -2.68. The van der Waals surface area contributed by atoms with Gasteiger partial charge in [-0.25, -0.2) is 9.59 Å². The van der Waals surface area contributed by atoms with E-state index in [0.717, 1.165) is 86.2 Å². The van der Waals surface area contributed by atoms with Crippen LogP contribution in [0.25, 0.3) is 0 Å². The van der Waals surface area contributed by atoms with Crippen molar-refractivity contribution in [2.24, 2.45) is 46.3 Å². The normalized spacial score (nSPS) is 41.0. The number of fused-ring (bicyclic) bond motifs is 7. The third-order valence-electron chi connectivity index (χ3n) is 21.7. The highest BCUT2D eigenvalue weighted by atomic mass is 16.8. The first-order valence-electron chi connectivity index (χ1n) is 33.6. The van der Waals surface area contributed by atoms with Crippen LogP contribution in [0.1, 0.15) is 162 Å². The lowest BCUT2D eigenvalue weighted by molar-refractivity contribution is -0.378. The molecule has 2 aromatic rings. The van der Waals surface area contributed by atoms with Crippen molar-refractivity contribution >= 4 is 47.8 Å². The van der Waals surface area contributed by atoms with E-state index in [1.54, 1.807) is 48.5 Å². The summed E-state index contributed by atoms with van der Waals surface area (Å²) in [7, 11) is 0. The number of rotatable bonds is 17. The number of hydrogen-bond donors (Lipinski definition) is 0. The van der Waals surface area contributed by atoms with Crippen molar-refractivity contribution in [1.82, 2.24) is 0 Å². The van der Waals surface area contributed by atoms with Crippen molar-refractivity contribution in [3.63, 3.8) is 0 Å². The number of carbonyl (C=O) groups excluding carboxylic acids is 8. The van der Waals surface area contributed by atoms with E-state index < -0.39 is 158 Å². The summed E-state index contributed by atoms with van der Waals surface area (Å²) in [5.74, 6) is -4.69. The Morgan fingerprint density at radius 1 is 0.516 bits per heavy atom. The van der Waals surface area contributed by atoms with Crippen LogP contribution < -0.4 is 0 Å². The van der Waals surface area contributed by atoms with Gasteiger partial charge in [0.15, 0.2) is 67.4 Å². The van der Waals surface area contributed by atoms with Gasteiger partial charge in [0, 0.05) is 53.9 Å². The van der Waals surface area contributed by atoms with E-state index >= 15 is 0 Å². The molecule has 8 fully saturated rings. The number of carbonyl (C=O) groups is 8. The quantitative estimate of drug-likeness (QED) is 0.0816. The Labute approximate surface area is 553 Å². The molecule has 0 radical (unpaired) electrons. The SMILES string of the molecule is CC(=O)O[C@@H]1[C@@H](OC(C)=O)[C@H](C)O[C@@H](O[C@@H]2[C@@H](OC(=O)c3ccccc3)[C@H](C)O[C@@H](O[C@H]3[C@H](OC(C)=O)[C@@H](OC(C)=O)[C@H](O[C@H]4CC[C@@]5(C)C(=CC[C@H]6[C@@H]7C[C@@H]8O[C@]9(CC[C@@H](C)CO9)[C@@H](C)[C@@H]8[C@@]7(C)CC[C@@H]65)C4)O[C@@H]3COC(=O)c3ccccc3)[C@@H]2OC(C)=O)[C@@H]1OC(C)=O. The predicted molar refractivity (Wildman–Crippen MR) is 329 cm³/mol. The first kappa shape index (κ1) is 70.0. The second-order valence-corrected chi connectivity index (χ2v) is 28.1. The van der Waals surface area contributed by atoms with Crippen LogP contribution in [-0.4, -0.2) is 171 Å². The summed E-state index contributed by atoms with van der Waals surface area (Å²) in [5, 5.41) is 0. The molecule has 11 rings (SSSR count). The molecule has 4 aliphatic carbocycles. The van der Waals surface area contributed by atoms with Crippen molar-refractivity contribution < 1.29 is 114 Å². The zero-order valence-corrected chi connectivity index (χ0v) is 56.2. The summed E-state index contributed by atoms with van der Waals surface area (Å²) >= 11 is 0. The van der Waals surface area contributed by atoms with Crippen LogP contribution >= 0.6 is 0 Å². The van der Waals surface area contributed by atoms with Gasteiger partial charge in [0.2, 0.25) is 0 Å². The number of allylic oxidation sites excluding steroid dienone is 1. The van der Waals surface area contributed by atoms with Crippen molar-refractivity contribution in [1.29, 1.82) is 0 Å². The zero-order valence-electron chi connectivity index (χ0n) is 56.2. The van der Waals surface area contributed by atoms with Crippen LogP contribution in [0.5, 0.6) is 0 Å². The molecule has 5 heterocycles. The minimum absolute atomic E-state index is 0.0997. The molecular formula is C71H92O24. The molecular weight excluding hydrogens is 1240 g/mol. The Balaban J connectivity index is 0.906. The fourth-order valence-corrected chi connectivity index (χ4v) is 17.6. The standard InChI is InChI=1S/C71H92O24/c1-35-25-30-71(81-33-35)36(2)54-52(95-71)32-51-49-24-23-47-31-48(26-28-69(47,11)50(49)27-29-70(51,54)12)90-68-63(89-44(10)77)60(86-41(7)74)57(53(91-68)34-80-64(78)45-19-15-13-16-20-45)93-66-62(88-43(9)76)59(56(38(4)83-66)92-65(79)46-21-17-14-18-22-46)94-67-61(87-42(8)75)58(85-40(6)73)55(37(3)82-67)84-39(5)72/h13-23,35-38,48-63,66-68H,24-34H2,1-12H3/t35-,36+,37+,38+,48+,49-,50+,51+,52+,53-,54+,55+,56+,57-,58-,59-,60+,61-,62-,63-,66+,67+,68-,69+,70+,71-/m1/s1. The zero-order chi connectivity index (χ0) is 68.0. The summed E-state index contributed by atoms with van der Waals surface area (Å²) in [5.41, 5.74) is 1.54. The molecule has 0 bridgehead atoms. The highest BCUT2D eigenvalue weighted by Gasteiger charge is 2.69. The second-order valence-electron chi connectivity index (χ2n) is 28.1. The largest absolute Gasteiger partial charge is 0.459 e. The second kappa shape index (κ2) is 28.6. The van der Waals surface area contributed by atoms with E-state index in [1.165, 1.54) is 38.5 Å². The van der Waals surface area contributed by atoms with Crippen LogP contribution in [0.2, 0.25) is 0 Å². The van der Waals surface area contributed by atoms with Gasteiger partial charge in [0.05, 0.1) is 42.1 Å². The number of ether oxygens (including phenoxy) is 16. The van der Waals surface area contributed by atoms with Crippen molar-refractivity contribution in [2.45, 2.75) is 251 Å². The average molecular weight is 1330 g/mol. The van der Waals surface area contributed by atoms with E-state index in [0.29, 0.717) is 48.3 Å². The van der Waals surface area contributed by atoms with Crippen molar-refractivity contribution in [2.75, 3.05) is 13.2 Å². The fraction of sp³-hybridized carbons (Fsp3) is 0.690. The van der Waals surface area contributed by atoms with Gasteiger partial charge in [-0.3, -0.25) is 28.8 Å². The topological polar surface area (TPSA) is 284 Å². The van der Waals surface area contributed by atoms with E-state index in [9.17, 15) is 38.4 Å². The molecule has 2 aromatic carbocycles. The van der Waals surface area contributed by atoms with E-state index in [4.69, 9.17) is 75.8 Å². The molecule has 95 heavy (non-hydrogen) atoms. The fourth-order valence-electron chi connectivity index (χ4n) is 17.6. The smallest absolute Gasteiger partial charge is 0.338 e. The molecule has 0 N–H and O–H groups in total. The molecule has 1 spiro atoms. The highest BCUT2D eigenvalue weighted by Crippen LogP contribution is 2.71. The lowest BCUT2D eigenvalue weighted by atomic mass is 9.47. The number of esters is 8. The Morgan fingerprint density at radius 2 is 1.02 bits per heavy atom. The minimum Gasteiger partial charge on any atom is -0.459 e. The molecule has 0 amide bonds. The molecule has 5 saturated heterocycles. The van der Waals surface area contributed by atoms with E-state index in [1.807, 2.05) is 0 Å². The van der Waals surface area contributed by atoms with Crippen molar-refractivity contribution in [3.8, 4) is 0 Å². The van der Waals surface area contributed by atoms with E-state index in [2.05, 4.69) is 33.8 Å². The molecule has 520 valence electrons. The average Bonchev–Trinajstić information content (AvgIpc) is 1.56. The minimum atomic E-state index is -1.85. The first-order valence-corrected chi connectivity index (χ1v) is 33.6. The van der Waals surface area contributed by atoms with Crippen LogP contribution in [0, 0.1) is 46.3 Å². The van der Waals surface area contributed by atoms with E-state index in [-0.39, 0.29) is 28.1 Å². The third-order valence-corrected chi connectivity index (χ3v) is 21.7. The highest BCUT2D eigenvalue weighted by molar-refractivity contribution is 5.90. The molecule has 26 atom stereocenters. The maximum atomic E-state index is 14.1. The van der Waals surface area contributed by atoms with Gasteiger partial charge in [0.1, 0.15) is 24.9 Å². The van der Waals surface area contributed by atoms with Crippen LogP contribution in [0.3, 0.4) is 0 Å². The van der Waals surface area contributed by atoms with Gasteiger partial charge in [0.25, 0.3) is 0 Å². The predicted octanol–water partition coefficient (Wildman–Crippen LogP) is 8.40. The number of hydrogen-bond acceptors (Lipinski definition) is 24. The van der Waals surface area contributed by atoms with Gasteiger partial charge < -0.3 is 75.8 Å². The Kier molecular flexibility index (Phi) is 21.1. The molecule has 5 aliphatic heterocycles. The van der Waals surface area contributed by atoms with Gasteiger partial charge in [-0.1, -0.05) is 75.7 Å². The summed E-state index contributed by atoms with van der Waals surface area (Å²) in [4.78, 5) is 107. The summed E-state index contributed by atoms with van der Waals surface area (Å²) in [6, 6.07) is 16.1. The summed E-state index contributed by atoms with van der Waals surface area (Å²) in [6.45, 7) is 19.3. The van der Waals surface area contributed by atoms with Crippen LogP contribution in [0.4, 0.5) is 0 Å².